The highest BCUT2D eigenvalue weighted by Gasteiger charge is 2.13. The topological polar surface area (TPSA) is 55.4 Å². The summed E-state index contributed by atoms with van der Waals surface area (Å²) >= 11 is 0. The minimum atomic E-state index is -3.18. The maximum absolute atomic E-state index is 11.3. The fraction of sp³-hybridized carbons (Fsp3) is 0.400. The minimum absolute atomic E-state index is 0.0839. The summed E-state index contributed by atoms with van der Waals surface area (Å²) in [6.45, 7) is 2.29. The second-order valence-electron chi connectivity index (χ2n) is 3.43. The molecule has 0 fully saturated rings. The largest absolute Gasteiger partial charge is 0.493 e. The quantitative estimate of drug-likeness (QED) is 0.848. The monoisotopic (exact) mass is 227 g/mol. The zero-order chi connectivity index (χ0) is 10.9. The smallest absolute Gasteiger partial charge is 0.232 e. The third-order valence-electron chi connectivity index (χ3n) is 2.34. The molecule has 0 aliphatic carbocycles. The van der Waals surface area contributed by atoms with E-state index in [9.17, 15) is 8.42 Å². The molecule has 5 heteroatoms. The van der Waals surface area contributed by atoms with Gasteiger partial charge < -0.3 is 4.74 Å². The van der Waals surface area contributed by atoms with Crippen molar-refractivity contribution in [3.63, 3.8) is 0 Å². The lowest BCUT2D eigenvalue weighted by Gasteiger charge is -2.07. The summed E-state index contributed by atoms with van der Waals surface area (Å²) in [5, 5.41) is 0. The van der Waals surface area contributed by atoms with Gasteiger partial charge in [-0.25, -0.2) is 8.42 Å². The molecule has 0 radical (unpaired) electrons. The van der Waals surface area contributed by atoms with Gasteiger partial charge in [-0.15, -0.1) is 0 Å². The standard InChI is InChI=1S/C10H13NO3S/c1-2-15(12,13)11-9-3-4-10-8(7-9)5-6-14-10/h3-4,7,11H,2,5-6H2,1H3. The van der Waals surface area contributed by atoms with Gasteiger partial charge in [0.15, 0.2) is 0 Å². The Morgan fingerprint density at radius 1 is 1.47 bits per heavy atom. The van der Waals surface area contributed by atoms with E-state index in [1.807, 2.05) is 6.07 Å². The van der Waals surface area contributed by atoms with E-state index in [-0.39, 0.29) is 5.75 Å². The molecule has 82 valence electrons. The Labute approximate surface area is 89.3 Å². The number of rotatable bonds is 3. The second-order valence-corrected chi connectivity index (χ2v) is 5.44. The third-order valence-corrected chi connectivity index (χ3v) is 3.65. The van der Waals surface area contributed by atoms with Crippen LogP contribution in [0.15, 0.2) is 18.2 Å². The maximum Gasteiger partial charge on any atom is 0.232 e. The fourth-order valence-corrected chi connectivity index (χ4v) is 2.13. The van der Waals surface area contributed by atoms with Gasteiger partial charge in [0.05, 0.1) is 12.4 Å². The molecule has 0 spiro atoms. The Balaban J connectivity index is 2.24. The summed E-state index contributed by atoms with van der Waals surface area (Å²) in [6, 6.07) is 5.35. The zero-order valence-corrected chi connectivity index (χ0v) is 9.30. The number of benzene rings is 1. The Hall–Kier alpha value is -1.23. The first-order valence-corrected chi connectivity index (χ1v) is 6.52. The molecule has 1 N–H and O–H groups in total. The van der Waals surface area contributed by atoms with E-state index >= 15 is 0 Å². The molecule has 0 saturated heterocycles. The van der Waals surface area contributed by atoms with Crippen LogP contribution in [-0.2, 0) is 16.4 Å². The summed E-state index contributed by atoms with van der Waals surface area (Å²) in [7, 11) is -3.18. The van der Waals surface area contributed by atoms with Gasteiger partial charge in [0, 0.05) is 12.1 Å². The van der Waals surface area contributed by atoms with Crippen LogP contribution in [-0.4, -0.2) is 20.8 Å². The van der Waals surface area contributed by atoms with Gasteiger partial charge in [0.25, 0.3) is 0 Å². The molecule has 0 saturated carbocycles. The average molecular weight is 227 g/mol. The number of ether oxygens (including phenoxy) is 1. The lowest BCUT2D eigenvalue weighted by Crippen LogP contribution is -2.14. The summed E-state index contributed by atoms with van der Waals surface area (Å²) in [6.07, 6.45) is 0.844. The summed E-state index contributed by atoms with van der Waals surface area (Å²) in [5.74, 6) is 0.940. The highest BCUT2D eigenvalue weighted by Crippen LogP contribution is 2.28. The first kappa shape index (κ1) is 10.3. The van der Waals surface area contributed by atoms with Gasteiger partial charge in [-0.2, -0.15) is 0 Å². The molecule has 0 unspecified atom stereocenters. The van der Waals surface area contributed by atoms with Gasteiger partial charge >= 0.3 is 0 Å². The van der Waals surface area contributed by atoms with Crippen LogP contribution in [0.1, 0.15) is 12.5 Å². The van der Waals surface area contributed by atoms with Gasteiger partial charge in [-0.3, -0.25) is 4.72 Å². The van der Waals surface area contributed by atoms with Crippen LogP contribution in [0.2, 0.25) is 0 Å². The number of hydrogen-bond acceptors (Lipinski definition) is 3. The lowest BCUT2D eigenvalue weighted by atomic mass is 10.1. The van der Waals surface area contributed by atoms with Crippen LogP contribution in [0.5, 0.6) is 5.75 Å². The van der Waals surface area contributed by atoms with Gasteiger partial charge in [0.2, 0.25) is 10.0 Å². The number of hydrogen-bond donors (Lipinski definition) is 1. The van der Waals surface area contributed by atoms with Crippen molar-refractivity contribution in [3.8, 4) is 5.75 Å². The van der Waals surface area contributed by atoms with Crippen molar-refractivity contribution in [1.82, 2.24) is 0 Å². The molecule has 4 nitrogen and oxygen atoms in total. The molecule has 2 rings (SSSR count). The highest BCUT2D eigenvalue weighted by atomic mass is 32.2. The Kier molecular flexibility index (Phi) is 2.56. The van der Waals surface area contributed by atoms with Crippen LogP contribution >= 0.6 is 0 Å². The van der Waals surface area contributed by atoms with E-state index in [0.717, 1.165) is 17.7 Å². The molecule has 1 aliphatic rings. The Morgan fingerprint density at radius 2 is 2.27 bits per heavy atom. The molecule has 0 bridgehead atoms. The molecular weight excluding hydrogens is 214 g/mol. The number of fused-ring (bicyclic) bond motifs is 1. The molecule has 1 heterocycles. The molecule has 0 atom stereocenters. The van der Waals surface area contributed by atoms with Crippen molar-refractivity contribution in [1.29, 1.82) is 0 Å². The van der Waals surface area contributed by atoms with Gasteiger partial charge in [-0.1, -0.05) is 0 Å². The van der Waals surface area contributed by atoms with Crippen LogP contribution < -0.4 is 9.46 Å². The van der Waals surface area contributed by atoms with Gasteiger partial charge in [-0.05, 0) is 30.7 Å². The molecule has 15 heavy (non-hydrogen) atoms. The van der Waals surface area contributed by atoms with Crippen molar-refractivity contribution >= 4 is 15.7 Å². The van der Waals surface area contributed by atoms with Crippen LogP contribution in [0.25, 0.3) is 0 Å². The van der Waals surface area contributed by atoms with Crippen molar-refractivity contribution in [3.05, 3.63) is 23.8 Å². The molecule has 0 aromatic heterocycles. The second kappa shape index (κ2) is 3.73. The van der Waals surface area contributed by atoms with E-state index in [1.54, 1.807) is 19.1 Å². The zero-order valence-electron chi connectivity index (χ0n) is 8.49. The third kappa shape index (κ3) is 2.23. The predicted octanol–water partition coefficient (Wildman–Crippen LogP) is 1.38. The number of sulfonamides is 1. The maximum atomic E-state index is 11.3. The molecule has 1 aromatic carbocycles. The van der Waals surface area contributed by atoms with Crippen LogP contribution in [0.4, 0.5) is 5.69 Å². The SMILES string of the molecule is CCS(=O)(=O)Nc1ccc2c(c1)CCO2. The fourth-order valence-electron chi connectivity index (χ4n) is 1.50. The number of nitrogens with one attached hydrogen (secondary N) is 1. The Morgan fingerprint density at radius 3 is 3.00 bits per heavy atom. The summed E-state index contributed by atoms with van der Waals surface area (Å²) in [4.78, 5) is 0. The molecule has 1 aromatic rings. The van der Waals surface area contributed by atoms with E-state index < -0.39 is 10.0 Å². The van der Waals surface area contributed by atoms with Crippen LogP contribution in [0, 0.1) is 0 Å². The normalized spacial score (nSPS) is 14.5. The van der Waals surface area contributed by atoms with Crippen molar-refractivity contribution < 1.29 is 13.2 Å². The molecule has 0 amide bonds. The number of anilines is 1. The highest BCUT2D eigenvalue weighted by molar-refractivity contribution is 7.92. The lowest BCUT2D eigenvalue weighted by molar-refractivity contribution is 0.357. The van der Waals surface area contributed by atoms with Crippen LogP contribution in [0.3, 0.4) is 0 Å². The van der Waals surface area contributed by atoms with E-state index in [2.05, 4.69) is 4.72 Å². The van der Waals surface area contributed by atoms with E-state index in [0.29, 0.717) is 12.3 Å². The summed E-state index contributed by atoms with van der Waals surface area (Å²) in [5.41, 5.74) is 1.67. The minimum Gasteiger partial charge on any atom is -0.493 e. The van der Waals surface area contributed by atoms with Crippen molar-refractivity contribution in [2.45, 2.75) is 13.3 Å². The first-order chi connectivity index (χ1) is 7.11. The van der Waals surface area contributed by atoms with Crippen molar-refractivity contribution in [2.24, 2.45) is 0 Å². The average Bonchev–Trinajstić information content (AvgIpc) is 2.64. The van der Waals surface area contributed by atoms with Crippen molar-refractivity contribution in [2.75, 3.05) is 17.1 Å². The van der Waals surface area contributed by atoms with E-state index in [1.165, 1.54) is 0 Å². The molecular formula is C10H13NO3S. The summed E-state index contributed by atoms with van der Waals surface area (Å²) < 4.78 is 30.5. The predicted molar refractivity (Wildman–Crippen MR) is 58.7 cm³/mol. The molecule has 1 aliphatic heterocycles. The first-order valence-electron chi connectivity index (χ1n) is 4.87. The van der Waals surface area contributed by atoms with E-state index in [4.69, 9.17) is 4.74 Å². The van der Waals surface area contributed by atoms with Gasteiger partial charge in [0.1, 0.15) is 5.75 Å². The Bertz CT molecular complexity index is 468.